The number of hydrogen-bond donors (Lipinski definition) is 1. The highest BCUT2D eigenvalue weighted by Gasteiger charge is 2.29. The molecule has 0 spiro atoms. The van der Waals surface area contributed by atoms with Crippen molar-refractivity contribution in [3.8, 4) is 0 Å². The van der Waals surface area contributed by atoms with Crippen LogP contribution in [0.2, 0.25) is 0 Å². The van der Waals surface area contributed by atoms with Crippen LogP contribution in [-0.4, -0.2) is 35.4 Å². The van der Waals surface area contributed by atoms with Crippen LogP contribution in [0.3, 0.4) is 0 Å². The van der Waals surface area contributed by atoms with Gasteiger partial charge in [0.15, 0.2) is 0 Å². The van der Waals surface area contributed by atoms with E-state index >= 15 is 0 Å². The van der Waals surface area contributed by atoms with E-state index in [4.69, 9.17) is 9.47 Å². The lowest BCUT2D eigenvalue weighted by Gasteiger charge is -2.16. The molecule has 0 aromatic carbocycles. The highest BCUT2D eigenvalue weighted by atomic mass is 16.6. The number of aliphatic hydroxyl groups excluding tert-OH is 1. The molecule has 0 amide bonds. The first-order chi connectivity index (χ1) is 12.1. The fourth-order valence-corrected chi connectivity index (χ4v) is 3.55. The van der Waals surface area contributed by atoms with Crippen LogP contribution in [0.15, 0.2) is 11.6 Å². The maximum absolute atomic E-state index is 11.5. The van der Waals surface area contributed by atoms with Crippen molar-refractivity contribution >= 4 is 11.9 Å². The summed E-state index contributed by atoms with van der Waals surface area (Å²) in [6, 6.07) is 0. The molecule has 0 saturated carbocycles. The van der Waals surface area contributed by atoms with Gasteiger partial charge in [-0.15, -0.1) is 0 Å². The number of hydrogen-bond acceptors (Lipinski definition) is 5. The van der Waals surface area contributed by atoms with Crippen LogP contribution >= 0.6 is 0 Å². The Morgan fingerprint density at radius 1 is 1.04 bits per heavy atom. The topological polar surface area (TPSA) is 72.8 Å². The highest BCUT2D eigenvalue weighted by molar-refractivity contribution is 5.90. The summed E-state index contributed by atoms with van der Waals surface area (Å²) in [5.41, 5.74) is 0.846. The van der Waals surface area contributed by atoms with Crippen molar-refractivity contribution in [2.45, 2.75) is 102 Å². The minimum atomic E-state index is -0.495. The predicted molar refractivity (Wildman–Crippen MR) is 94.9 cm³/mol. The minimum absolute atomic E-state index is 0.0539. The van der Waals surface area contributed by atoms with Crippen LogP contribution in [0.5, 0.6) is 0 Å². The van der Waals surface area contributed by atoms with Crippen molar-refractivity contribution in [2.75, 3.05) is 0 Å². The molecule has 0 aromatic rings. The van der Waals surface area contributed by atoms with Crippen LogP contribution in [0.25, 0.3) is 0 Å². The summed E-state index contributed by atoms with van der Waals surface area (Å²) in [6.45, 7) is 1.89. The zero-order valence-corrected chi connectivity index (χ0v) is 15.4. The summed E-state index contributed by atoms with van der Waals surface area (Å²) in [7, 11) is 0. The second kappa shape index (κ2) is 10.6. The Hall–Kier alpha value is -1.36. The number of rotatable bonds is 12. The lowest BCUT2D eigenvalue weighted by Crippen LogP contribution is -2.25. The molecule has 3 atom stereocenters. The van der Waals surface area contributed by atoms with Crippen molar-refractivity contribution in [1.82, 2.24) is 0 Å². The second-order valence-electron chi connectivity index (χ2n) is 7.30. The van der Waals surface area contributed by atoms with E-state index in [2.05, 4.69) is 0 Å². The molecular formula is C20H32O5. The first-order valence-electron chi connectivity index (χ1n) is 9.85. The van der Waals surface area contributed by atoms with Gasteiger partial charge in [-0.2, -0.15) is 0 Å². The van der Waals surface area contributed by atoms with Crippen LogP contribution in [0.4, 0.5) is 0 Å². The first-order valence-corrected chi connectivity index (χ1v) is 9.85. The number of esters is 2. The average Bonchev–Trinajstić information content (AvgIpc) is 3.14. The summed E-state index contributed by atoms with van der Waals surface area (Å²) < 4.78 is 10.2. The van der Waals surface area contributed by atoms with Crippen LogP contribution < -0.4 is 0 Å². The Balaban J connectivity index is 1.37. The molecule has 1 N–H and O–H groups in total. The summed E-state index contributed by atoms with van der Waals surface area (Å²) in [6.07, 6.45) is 12.9. The van der Waals surface area contributed by atoms with E-state index in [0.717, 1.165) is 44.1 Å². The molecule has 1 saturated heterocycles. The van der Waals surface area contributed by atoms with Gasteiger partial charge in [-0.3, -0.25) is 4.79 Å². The molecule has 2 rings (SSSR count). The molecule has 0 aromatic heterocycles. The standard InChI is InChI=1S/C20H32O5/c1-15-14-16(20(23)24-15)10-8-6-4-2-3-5-7-9-11-17(21)18-12-13-19(22)25-18/h14-15,17-18,21H,2-13H2,1H3/t15-,17+,18+/m1/s1. The molecule has 0 aliphatic carbocycles. The predicted octanol–water partition coefficient (Wildman–Crippen LogP) is 3.83. The van der Waals surface area contributed by atoms with Crippen LogP contribution in [-0.2, 0) is 19.1 Å². The van der Waals surface area contributed by atoms with E-state index in [1.807, 2.05) is 13.0 Å². The summed E-state index contributed by atoms with van der Waals surface area (Å²) >= 11 is 0. The third kappa shape index (κ3) is 7.18. The summed E-state index contributed by atoms with van der Waals surface area (Å²) in [4.78, 5) is 22.5. The molecular weight excluding hydrogens is 320 g/mol. The first kappa shape index (κ1) is 20.0. The summed E-state index contributed by atoms with van der Waals surface area (Å²) in [5, 5.41) is 9.98. The minimum Gasteiger partial charge on any atom is -0.460 e. The van der Waals surface area contributed by atoms with E-state index in [9.17, 15) is 14.7 Å². The van der Waals surface area contributed by atoms with Gasteiger partial charge in [0.25, 0.3) is 0 Å². The van der Waals surface area contributed by atoms with Crippen LogP contribution in [0.1, 0.15) is 84.0 Å². The molecule has 0 bridgehead atoms. The summed E-state index contributed by atoms with van der Waals surface area (Å²) in [5.74, 6) is -0.318. The molecule has 142 valence electrons. The number of aliphatic hydroxyl groups is 1. The van der Waals surface area contributed by atoms with Crippen LogP contribution in [0, 0.1) is 0 Å². The van der Waals surface area contributed by atoms with Crippen molar-refractivity contribution < 1.29 is 24.2 Å². The van der Waals surface area contributed by atoms with Crippen molar-refractivity contribution in [3.05, 3.63) is 11.6 Å². The van der Waals surface area contributed by atoms with Gasteiger partial charge < -0.3 is 14.6 Å². The number of carbonyl (C=O) groups is 2. The SMILES string of the molecule is C[C@@H]1C=C(CCCCCCCCCC[C@H](O)[C@@H]2CCC(=O)O2)C(=O)O1. The van der Waals surface area contributed by atoms with Gasteiger partial charge in [0.1, 0.15) is 12.2 Å². The molecule has 0 unspecified atom stereocenters. The van der Waals surface area contributed by atoms with Crippen molar-refractivity contribution in [1.29, 1.82) is 0 Å². The Labute approximate surface area is 150 Å². The number of cyclic esters (lactones) is 2. The van der Waals surface area contributed by atoms with Gasteiger partial charge in [-0.1, -0.05) is 44.9 Å². The maximum atomic E-state index is 11.5. The van der Waals surface area contributed by atoms with E-state index in [-0.39, 0.29) is 24.1 Å². The second-order valence-corrected chi connectivity index (χ2v) is 7.30. The van der Waals surface area contributed by atoms with Gasteiger partial charge >= 0.3 is 11.9 Å². The molecule has 2 aliphatic rings. The molecule has 5 nitrogen and oxygen atoms in total. The van der Waals surface area contributed by atoms with E-state index < -0.39 is 6.10 Å². The highest BCUT2D eigenvalue weighted by Crippen LogP contribution is 2.22. The molecule has 25 heavy (non-hydrogen) atoms. The zero-order valence-electron chi connectivity index (χ0n) is 15.4. The lowest BCUT2D eigenvalue weighted by molar-refractivity contribution is -0.145. The molecule has 1 fully saturated rings. The third-order valence-electron chi connectivity index (χ3n) is 5.03. The normalized spacial score (nSPS) is 24.2. The molecule has 0 radical (unpaired) electrons. The third-order valence-corrected chi connectivity index (χ3v) is 5.03. The smallest absolute Gasteiger partial charge is 0.334 e. The Morgan fingerprint density at radius 2 is 1.68 bits per heavy atom. The Kier molecular flexibility index (Phi) is 8.45. The average molecular weight is 352 g/mol. The van der Waals surface area contributed by atoms with E-state index in [1.54, 1.807) is 0 Å². The Bertz CT molecular complexity index is 471. The van der Waals surface area contributed by atoms with Gasteiger partial charge in [0.2, 0.25) is 0 Å². The Morgan fingerprint density at radius 3 is 2.24 bits per heavy atom. The molecule has 2 aliphatic heterocycles. The maximum Gasteiger partial charge on any atom is 0.334 e. The van der Waals surface area contributed by atoms with E-state index in [0.29, 0.717) is 12.8 Å². The van der Waals surface area contributed by atoms with Gasteiger partial charge in [0, 0.05) is 12.0 Å². The monoisotopic (exact) mass is 352 g/mol. The van der Waals surface area contributed by atoms with Crippen molar-refractivity contribution in [3.63, 3.8) is 0 Å². The molecule has 2 heterocycles. The van der Waals surface area contributed by atoms with Gasteiger partial charge in [-0.05, 0) is 38.7 Å². The number of ether oxygens (including phenoxy) is 2. The van der Waals surface area contributed by atoms with E-state index in [1.165, 1.54) is 25.7 Å². The molecule has 5 heteroatoms. The van der Waals surface area contributed by atoms with Gasteiger partial charge in [-0.25, -0.2) is 4.79 Å². The quantitative estimate of drug-likeness (QED) is 0.427. The lowest BCUT2D eigenvalue weighted by atomic mass is 10.0. The zero-order chi connectivity index (χ0) is 18.1. The van der Waals surface area contributed by atoms with Gasteiger partial charge in [0.05, 0.1) is 6.10 Å². The fourth-order valence-electron chi connectivity index (χ4n) is 3.55. The number of unbranched alkanes of at least 4 members (excludes halogenated alkanes) is 7. The largest absolute Gasteiger partial charge is 0.460 e. The van der Waals surface area contributed by atoms with Crippen molar-refractivity contribution in [2.24, 2.45) is 0 Å². The number of carbonyl (C=O) groups excluding carboxylic acids is 2. The fraction of sp³-hybridized carbons (Fsp3) is 0.800.